The maximum Gasteiger partial charge on any atom is 0.410 e. The van der Waals surface area contributed by atoms with Crippen LogP contribution in [0, 0.1) is 0 Å². The van der Waals surface area contributed by atoms with E-state index in [4.69, 9.17) is 9.57 Å². The van der Waals surface area contributed by atoms with Gasteiger partial charge in [-0.2, -0.15) is 5.06 Å². The van der Waals surface area contributed by atoms with Crippen molar-refractivity contribution in [2.45, 2.75) is 83.9 Å². The van der Waals surface area contributed by atoms with Crippen LogP contribution >= 0.6 is 0 Å². The Morgan fingerprint density at radius 2 is 1.88 bits per heavy atom. The van der Waals surface area contributed by atoms with Gasteiger partial charge in [-0.15, -0.1) is 0 Å². The number of hydrazine groups is 1. The molecule has 2 aliphatic heterocycles. The third-order valence-electron chi connectivity index (χ3n) is 5.28. The monoisotopic (exact) mass is 455 g/mol. The van der Waals surface area contributed by atoms with Gasteiger partial charge in [0.05, 0.1) is 12.6 Å². The van der Waals surface area contributed by atoms with Gasteiger partial charge in [0.25, 0.3) is 5.91 Å². The first kappa shape index (κ1) is 25.7. The van der Waals surface area contributed by atoms with Crippen LogP contribution in [0.25, 0.3) is 0 Å². The minimum absolute atomic E-state index is 0.0417. The summed E-state index contributed by atoms with van der Waals surface area (Å²) >= 11 is 0. The molecular weight excluding hydrogens is 418 g/mol. The summed E-state index contributed by atoms with van der Waals surface area (Å²) < 4.78 is 5.26. The molecule has 11 heteroatoms. The Morgan fingerprint density at radius 3 is 2.53 bits per heavy atom. The van der Waals surface area contributed by atoms with E-state index in [0.29, 0.717) is 39.0 Å². The van der Waals surface area contributed by atoms with Gasteiger partial charge in [-0.1, -0.05) is 13.3 Å². The lowest BCUT2D eigenvalue weighted by Crippen LogP contribution is -2.54. The first-order chi connectivity index (χ1) is 15.0. The molecule has 0 saturated carbocycles. The molecule has 2 saturated heterocycles. The van der Waals surface area contributed by atoms with E-state index in [-0.39, 0.29) is 24.4 Å². The smallest absolute Gasteiger partial charge is 0.410 e. The molecule has 2 aliphatic rings. The minimum atomic E-state index is -0.642. The summed E-state index contributed by atoms with van der Waals surface area (Å²) in [5.74, 6) is -0.798. The van der Waals surface area contributed by atoms with Crippen molar-refractivity contribution in [3.05, 3.63) is 0 Å². The molecule has 0 spiro atoms. The molecule has 0 aromatic carbocycles. The number of fused-ring (bicyclic) bond motifs is 2. The highest BCUT2D eigenvalue weighted by atomic mass is 16.7. The number of urea groups is 1. The summed E-state index contributed by atoms with van der Waals surface area (Å²) in [6, 6.07) is -0.989. The molecule has 0 aromatic rings. The average molecular weight is 456 g/mol. The summed E-state index contributed by atoms with van der Waals surface area (Å²) in [5, 5.41) is 1.39. The second-order valence-electron chi connectivity index (χ2n) is 9.24. The van der Waals surface area contributed by atoms with Crippen LogP contribution in [0.2, 0.25) is 0 Å². The number of hydrogen-bond acceptors (Lipinski definition) is 6. The van der Waals surface area contributed by atoms with Crippen LogP contribution in [0.3, 0.4) is 0 Å². The third kappa shape index (κ3) is 7.25. The highest BCUT2D eigenvalue weighted by molar-refractivity contribution is 5.90. The fraction of sp³-hybridized carbons (Fsp3) is 0.810. The number of hydroxylamine groups is 2. The van der Waals surface area contributed by atoms with Crippen molar-refractivity contribution in [3.8, 4) is 0 Å². The van der Waals surface area contributed by atoms with Gasteiger partial charge >= 0.3 is 12.1 Å². The molecule has 0 aromatic heterocycles. The largest absolute Gasteiger partial charge is 0.444 e. The van der Waals surface area contributed by atoms with Crippen molar-refractivity contribution < 1.29 is 28.8 Å². The maximum absolute atomic E-state index is 12.6. The Morgan fingerprint density at radius 1 is 1.16 bits per heavy atom. The van der Waals surface area contributed by atoms with E-state index in [1.807, 2.05) is 6.92 Å². The second-order valence-corrected chi connectivity index (χ2v) is 9.24. The van der Waals surface area contributed by atoms with Crippen molar-refractivity contribution in [1.82, 2.24) is 25.7 Å². The number of amides is 5. The van der Waals surface area contributed by atoms with E-state index in [2.05, 4.69) is 10.9 Å². The molecule has 2 heterocycles. The molecule has 0 aliphatic carbocycles. The number of unbranched alkanes of at least 4 members (excludes halogenated alkanes) is 1. The summed E-state index contributed by atoms with van der Waals surface area (Å²) in [5.41, 5.74) is 4.23. The number of nitrogens with zero attached hydrogens (tertiary/aromatic N) is 3. The Kier molecular flexibility index (Phi) is 9.11. The highest BCUT2D eigenvalue weighted by Gasteiger charge is 2.47. The minimum Gasteiger partial charge on any atom is -0.444 e. The van der Waals surface area contributed by atoms with Crippen molar-refractivity contribution in [3.63, 3.8) is 0 Å². The lowest BCUT2D eigenvalue weighted by atomic mass is 10.0. The van der Waals surface area contributed by atoms with Gasteiger partial charge in [0.1, 0.15) is 11.6 Å². The summed E-state index contributed by atoms with van der Waals surface area (Å²) in [4.78, 5) is 57.6. The van der Waals surface area contributed by atoms with Gasteiger partial charge in [0.2, 0.25) is 5.91 Å². The maximum atomic E-state index is 12.6. The Bertz CT molecular complexity index is 695. The van der Waals surface area contributed by atoms with Gasteiger partial charge < -0.3 is 14.5 Å². The van der Waals surface area contributed by atoms with E-state index in [0.717, 1.165) is 12.8 Å². The third-order valence-corrected chi connectivity index (χ3v) is 5.28. The van der Waals surface area contributed by atoms with Crippen LogP contribution in [0.4, 0.5) is 9.59 Å². The molecule has 2 fully saturated rings. The van der Waals surface area contributed by atoms with Gasteiger partial charge in [0.15, 0.2) is 0 Å². The van der Waals surface area contributed by atoms with Crippen molar-refractivity contribution in [2.75, 3.05) is 26.7 Å². The molecule has 11 nitrogen and oxygen atoms in total. The second kappa shape index (κ2) is 11.3. The number of carbonyl (C=O) groups is 4. The van der Waals surface area contributed by atoms with Crippen LogP contribution in [-0.2, 0) is 19.2 Å². The molecule has 2 N–H and O–H groups in total. The summed E-state index contributed by atoms with van der Waals surface area (Å²) in [6.07, 6.45) is 3.09. The van der Waals surface area contributed by atoms with E-state index < -0.39 is 23.6 Å². The predicted octanol–water partition coefficient (Wildman–Crippen LogP) is 1.78. The molecular formula is C21H37N5O6. The number of piperidine rings is 1. The summed E-state index contributed by atoms with van der Waals surface area (Å²) in [7, 11) is 1.60. The van der Waals surface area contributed by atoms with E-state index in [1.54, 1.807) is 27.8 Å². The Hall–Kier alpha value is -2.56. The van der Waals surface area contributed by atoms with Crippen molar-refractivity contribution in [2.24, 2.45) is 0 Å². The molecule has 0 radical (unpaired) electrons. The lowest BCUT2D eigenvalue weighted by Gasteiger charge is -2.29. The van der Waals surface area contributed by atoms with Crippen molar-refractivity contribution >= 4 is 23.9 Å². The fourth-order valence-corrected chi connectivity index (χ4v) is 3.56. The first-order valence-electron chi connectivity index (χ1n) is 11.3. The molecule has 2 bridgehead atoms. The number of hydrogen-bond donors (Lipinski definition) is 2. The molecule has 2 rings (SSSR count). The Labute approximate surface area is 189 Å². The zero-order chi connectivity index (χ0) is 23.9. The zero-order valence-electron chi connectivity index (χ0n) is 19.8. The standard InChI is InChI=1S/C21H37N5O6/c1-6-7-13-31-26-15-10-11-16(25(14-15)19(26)29)18(28)23-22-17(27)9-8-12-24(5)20(30)32-21(2,3)4/h15-16H,6-14H2,1-5H3,(H,22,27)(H,23,28)/t15-,16-/m0/s1. The summed E-state index contributed by atoms with van der Waals surface area (Å²) in [6.45, 7) is 8.66. The lowest BCUT2D eigenvalue weighted by molar-refractivity contribution is -0.132. The van der Waals surface area contributed by atoms with Crippen LogP contribution in [0.15, 0.2) is 0 Å². The van der Waals surface area contributed by atoms with Crippen LogP contribution in [0.1, 0.15) is 66.2 Å². The molecule has 32 heavy (non-hydrogen) atoms. The molecule has 182 valence electrons. The number of nitrogens with one attached hydrogen (secondary N) is 2. The normalized spacial score (nSPS) is 20.2. The predicted molar refractivity (Wildman–Crippen MR) is 116 cm³/mol. The fourth-order valence-electron chi connectivity index (χ4n) is 3.56. The van der Waals surface area contributed by atoms with Crippen LogP contribution in [0.5, 0.6) is 0 Å². The van der Waals surface area contributed by atoms with Crippen LogP contribution in [-0.4, -0.2) is 83.2 Å². The SMILES string of the molecule is CCCCON1C(=O)N2C[C@@H]1CC[C@H]2C(=O)NNC(=O)CCCN(C)C(=O)OC(C)(C)C. The van der Waals surface area contributed by atoms with Crippen LogP contribution < -0.4 is 10.9 Å². The van der Waals surface area contributed by atoms with E-state index in [9.17, 15) is 19.2 Å². The molecule has 5 amide bonds. The van der Waals surface area contributed by atoms with Gasteiger partial charge in [0, 0.05) is 26.6 Å². The number of carbonyl (C=O) groups excluding carboxylic acids is 4. The van der Waals surface area contributed by atoms with E-state index >= 15 is 0 Å². The zero-order valence-corrected chi connectivity index (χ0v) is 19.8. The highest BCUT2D eigenvalue weighted by Crippen LogP contribution is 2.30. The molecule has 0 unspecified atom stereocenters. The van der Waals surface area contributed by atoms with Gasteiger partial charge in [-0.3, -0.25) is 25.3 Å². The Balaban J connectivity index is 1.71. The first-order valence-corrected chi connectivity index (χ1v) is 11.3. The van der Waals surface area contributed by atoms with E-state index in [1.165, 1.54) is 14.9 Å². The number of rotatable bonds is 9. The molecule has 2 atom stereocenters. The topological polar surface area (TPSA) is 121 Å². The quantitative estimate of drug-likeness (QED) is 0.404. The number of ether oxygens (including phenoxy) is 1. The van der Waals surface area contributed by atoms with Crippen molar-refractivity contribution in [1.29, 1.82) is 0 Å². The van der Waals surface area contributed by atoms with Gasteiger partial charge in [-0.05, 0) is 46.5 Å². The van der Waals surface area contributed by atoms with Gasteiger partial charge in [-0.25, -0.2) is 9.59 Å². The average Bonchev–Trinajstić information content (AvgIpc) is 2.95.